The number of ether oxygens (including phenoxy) is 2. The predicted molar refractivity (Wildman–Crippen MR) is 79.6 cm³/mol. The molecule has 1 aliphatic rings. The van der Waals surface area contributed by atoms with E-state index in [0.717, 1.165) is 5.75 Å². The van der Waals surface area contributed by atoms with Gasteiger partial charge in [-0.05, 0) is 31.2 Å². The number of amides is 1. The van der Waals surface area contributed by atoms with E-state index < -0.39 is 5.60 Å². The summed E-state index contributed by atoms with van der Waals surface area (Å²) in [6.07, 6.45) is 1.13. The molecule has 1 N–H and O–H groups in total. The van der Waals surface area contributed by atoms with Crippen LogP contribution >= 0.6 is 0 Å². The zero-order chi connectivity index (χ0) is 15.3. The minimum absolute atomic E-state index is 0.0991. The zero-order valence-corrected chi connectivity index (χ0v) is 12.7. The fraction of sp³-hybridized carbons (Fsp3) is 0.562. The minimum Gasteiger partial charge on any atom is -0.494 e. The van der Waals surface area contributed by atoms with Gasteiger partial charge in [0.2, 0.25) is 0 Å². The van der Waals surface area contributed by atoms with Crippen molar-refractivity contribution in [3.05, 3.63) is 29.8 Å². The summed E-state index contributed by atoms with van der Waals surface area (Å²) in [5.74, 6) is 0.651. The molecule has 0 radical (unpaired) electrons. The summed E-state index contributed by atoms with van der Waals surface area (Å²) in [5.41, 5.74) is -0.245. The number of benzene rings is 1. The zero-order valence-electron chi connectivity index (χ0n) is 12.7. The molecule has 116 valence electrons. The molecule has 21 heavy (non-hydrogen) atoms. The molecule has 0 unspecified atom stereocenters. The highest BCUT2D eigenvalue weighted by atomic mass is 16.5. The Labute approximate surface area is 125 Å². The monoisotopic (exact) mass is 293 g/mol. The van der Waals surface area contributed by atoms with Crippen LogP contribution in [-0.2, 0) is 4.74 Å². The summed E-state index contributed by atoms with van der Waals surface area (Å²) in [6.45, 7) is 3.93. The fourth-order valence-electron chi connectivity index (χ4n) is 2.50. The van der Waals surface area contributed by atoms with E-state index in [-0.39, 0.29) is 5.91 Å². The number of nitrogens with zero attached hydrogens (tertiary/aromatic N) is 1. The van der Waals surface area contributed by atoms with E-state index in [0.29, 0.717) is 44.8 Å². The van der Waals surface area contributed by atoms with Crippen molar-refractivity contribution in [3.63, 3.8) is 0 Å². The average molecular weight is 293 g/mol. The van der Waals surface area contributed by atoms with Crippen LogP contribution in [0.3, 0.4) is 0 Å². The lowest BCUT2D eigenvalue weighted by Crippen LogP contribution is -2.47. The van der Waals surface area contributed by atoms with Gasteiger partial charge in [0, 0.05) is 45.2 Å². The number of carbonyl (C=O) groups excluding carboxylic acids is 1. The van der Waals surface area contributed by atoms with Gasteiger partial charge in [-0.25, -0.2) is 0 Å². The van der Waals surface area contributed by atoms with Crippen molar-refractivity contribution >= 4 is 5.91 Å². The van der Waals surface area contributed by atoms with E-state index in [1.165, 1.54) is 0 Å². The number of aliphatic hydroxyl groups is 1. The number of carbonyl (C=O) groups is 1. The van der Waals surface area contributed by atoms with Gasteiger partial charge in [-0.2, -0.15) is 0 Å². The Morgan fingerprint density at radius 1 is 1.33 bits per heavy atom. The Morgan fingerprint density at radius 3 is 2.52 bits per heavy atom. The number of hydrogen-bond donors (Lipinski definition) is 1. The van der Waals surface area contributed by atoms with Gasteiger partial charge in [0.15, 0.2) is 0 Å². The summed E-state index contributed by atoms with van der Waals surface area (Å²) in [7, 11) is 1.71. The van der Waals surface area contributed by atoms with Gasteiger partial charge in [0.25, 0.3) is 5.91 Å². The molecule has 0 atom stereocenters. The predicted octanol–water partition coefficient (Wildman–Crippen LogP) is 1.70. The number of likely N-dealkylation sites (N-methyl/N-ethyl adjacent to an activating group) is 1. The first-order valence-corrected chi connectivity index (χ1v) is 7.32. The third-order valence-electron chi connectivity index (χ3n) is 3.71. The van der Waals surface area contributed by atoms with Crippen LogP contribution in [-0.4, -0.2) is 54.9 Å². The highest BCUT2D eigenvalue weighted by Gasteiger charge is 2.32. The lowest BCUT2D eigenvalue weighted by atomic mass is 9.93. The van der Waals surface area contributed by atoms with Crippen molar-refractivity contribution in [2.75, 3.05) is 33.4 Å². The smallest absolute Gasteiger partial charge is 0.253 e. The standard InChI is InChI=1S/C16H23NO4/c1-3-21-14-6-4-13(5-7-14)15(18)17(2)12-16(19)8-10-20-11-9-16/h4-7,19H,3,8-12H2,1-2H3. The van der Waals surface area contributed by atoms with Gasteiger partial charge < -0.3 is 19.5 Å². The molecular weight excluding hydrogens is 270 g/mol. The van der Waals surface area contributed by atoms with E-state index in [1.54, 1.807) is 36.2 Å². The van der Waals surface area contributed by atoms with Gasteiger partial charge in [0.1, 0.15) is 5.75 Å². The summed E-state index contributed by atoms with van der Waals surface area (Å²) >= 11 is 0. The maximum absolute atomic E-state index is 12.4. The van der Waals surface area contributed by atoms with Crippen LogP contribution in [0.4, 0.5) is 0 Å². The Balaban J connectivity index is 1.98. The molecule has 2 rings (SSSR count). The van der Waals surface area contributed by atoms with Crippen molar-refractivity contribution in [2.24, 2.45) is 0 Å². The highest BCUT2D eigenvalue weighted by molar-refractivity contribution is 5.94. The molecule has 5 nitrogen and oxygen atoms in total. The SMILES string of the molecule is CCOc1ccc(C(=O)N(C)CC2(O)CCOCC2)cc1. The molecule has 1 aromatic carbocycles. The van der Waals surface area contributed by atoms with Crippen molar-refractivity contribution < 1.29 is 19.4 Å². The maximum Gasteiger partial charge on any atom is 0.253 e. The molecule has 1 aromatic rings. The van der Waals surface area contributed by atoms with Gasteiger partial charge in [0.05, 0.1) is 12.2 Å². The van der Waals surface area contributed by atoms with E-state index in [4.69, 9.17) is 9.47 Å². The first-order valence-electron chi connectivity index (χ1n) is 7.32. The number of rotatable bonds is 5. The summed E-state index contributed by atoms with van der Waals surface area (Å²) in [4.78, 5) is 13.9. The van der Waals surface area contributed by atoms with Crippen LogP contribution in [0.25, 0.3) is 0 Å². The fourth-order valence-corrected chi connectivity index (χ4v) is 2.50. The lowest BCUT2D eigenvalue weighted by Gasteiger charge is -2.35. The minimum atomic E-state index is -0.839. The molecule has 1 heterocycles. The second-order valence-electron chi connectivity index (χ2n) is 5.46. The second-order valence-corrected chi connectivity index (χ2v) is 5.46. The van der Waals surface area contributed by atoms with Crippen LogP contribution in [0.2, 0.25) is 0 Å². The Bertz CT molecular complexity index is 466. The van der Waals surface area contributed by atoms with Gasteiger partial charge in [-0.1, -0.05) is 0 Å². The topological polar surface area (TPSA) is 59.0 Å². The van der Waals surface area contributed by atoms with Crippen LogP contribution in [0.15, 0.2) is 24.3 Å². The quantitative estimate of drug-likeness (QED) is 0.897. The normalized spacial score (nSPS) is 17.3. The molecule has 1 aliphatic heterocycles. The Morgan fingerprint density at radius 2 is 1.95 bits per heavy atom. The van der Waals surface area contributed by atoms with Gasteiger partial charge in [-0.3, -0.25) is 4.79 Å². The molecule has 1 amide bonds. The second kappa shape index (κ2) is 6.91. The Kier molecular flexibility index (Phi) is 5.20. The van der Waals surface area contributed by atoms with Crippen molar-refractivity contribution in [1.29, 1.82) is 0 Å². The third-order valence-corrected chi connectivity index (χ3v) is 3.71. The van der Waals surface area contributed by atoms with Crippen LogP contribution in [0, 0.1) is 0 Å². The van der Waals surface area contributed by atoms with Crippen molar-refractivity contribution in [1.82, 2.24) is 4.90 Å². The Hall–Kier alpha value is -1.59. The van der Waals surface area contributed by atoms with E-state index >= 15 is 0 Å². The molecular formula is C16H23NO4. The highest BCUT2D eigenvalue weighted by Crippen LogP contribution is 2.22. The van der Waals surface area contributed by atoms with E-state index in [1.807, 2.05) is 6.92 Å². The molecule has 0 aliphatic carbocycles. The number of hydrogen-bond acceptors (Lipinski definition) is 4. The molecule has 0 aromatic heterocycles. The first-order chi connectivity index (χ1) is 10.0. The lowest BCUT2D eigenvalue weighted by molar-refractivity contribution is -0.0734. The van der Waals surface area contributed by atoms with Gasteiger partial charge >= 0.3 is 0 Å². The molecule has 5 heteroatoms. The summed E-state index contributed by atoms with van der Waals surface area (Å²) in [5, 5.41) is 10.5. The maximum atomic E-state index is 12.4. The third kappa shape index (κ3) is 4.19. The van der Waals surface area contributed by atoms with Crippen LogP contribution in [0.1, 0.15) is 30.1 Å². The summed E-state index contributed by atoms with van der Waals surface area (Å²) in [6, 6.07) is 7.07. The molecule has 0 bridgehead atoms. The average Bonchev–Trinajstić information content (AvgIpc) is 2.48. The first kappa shape index (κ1) is 15.8. The summed E-state index contributed by atoms with van der Waals surface area (Å²) < 4.78 is 10.6. The van der Waals surface area contributed by atoms with Crippen LogP contribution in [0.5, 0.6) is 5.75 Å². The van der Waals surface area contributed by atoms with Crippen molar-refractivity contribution in [2.45, 2.75) is 25.4 Å². The van der Waals surface area contributed by atoms with Crippen LogP contribution < -0.4 is 4.74 Å². The van der Waals surface area contributed by atoms with E-state index in [9.17, 15) is 9.90 Å². The molecule has 1 fully saturated rings. The van der Waals surface area contributed by atoms with E-state index in [2.05, 4.69) is 0 Å². The molecule has 1 saturated heterocycles. The van der Waals surface area contributed by atoms with Crippen molar-refractivity contribution in [3.8, 4) is 5.75 Å². The largest absolute Gasteiger partial charge is 0.494 e. The molecule has 0 saturated carbocycles. The molecule has 0 spiro atoms. The van der Waals surface area contributed by atoms with Gasteiger partial charge in [-0.15, -0.1) is 0 Å².